The Morgan fingerprint density at radius 1 is 0.318 bits per heavy atom. The fourth-order valence-corrected chi connectivity index (χ4v) is 8.86. The Hall–Kier alpha value is -4.10. The molecule has 8 nitrogen and oxygen atoms in total. The van der Waals surface area contributed by atoms with E-state index in [-0.39, 0.29) is 34.3 Å². The quantitative estimate of drug-likeness (QED) is 0.210. The van der Waals surface area contributed by atoms with Crippen molar-refractivity contribution >= 4 is 39.3 Å². The maximum absolute atomic E-state index is 13.3. The molecule has 0 amide bonds. The van der Waals surface area contributed by atoms with Crippen LogP contribution in [0.5, 0.6) is 0 Å². The van der Waals surface area contributed by atoms with E-state index in [0.717, 1.165) is 11.8 Å². The van der Waals surface area contributed by atoms with E-state index < -0.39 is 39.3 Å². The average molecular weight is 667 g/mol. The third-order valence-corrected chi connectivity index (χ3v) is 13.5. The first-order valence-electron chi connectivity index (χ1n) is 13.0. The lowest BCUT2D eigenvalue weighted by molar-refractivity contribution is 0.591. The fourth-order valence-electron chi connectivity index (χ4n) is 4.44. The molecule has 0 unspecified atom stereocenters. The van der Waals surface area contributed by atoms with Crippen molar-refractivity contribution in [2.24, 2.45) is 0 Å². The Morgan fingerprint density at radius 2 is 0.523 bits per heavy atom. The maximum atomic E-state index is 13.3. The number of hydrogen-bond donors (Lipinski definition) is 0. The van der Waals surface area contributed by atoms with E-state index in [1.54, 1.807) is 36.4 Å². The standard InChI is InChI=1S/C32H26O8S4/c1-23-3-9-27(10-4-23)42(35,36)29-15-19-31(20-16-29)44(39,40)32-21-17-30(18-22-32)43(37,38)28-13-7-25(8-14-28)24-5-11-26(12-6-24)41(2,33)34/h3-22H,1-2H3. The molecule has 0 bridgehead atoms. The number of sulfone groups is 4. The molecule has 0 radical (unpaired) electrons. The molecule has 0 heterocycles. The summed E-state index contributed by atoms with van der Waals surface area (Å²) in [6.07, 6.45) is 1.11. The molecule has 5 aromatic rings. The Morgan fingerprint density at radius 3 is 0.773 bits per heavy atom. The molecular formula is C32H26O8S4. The molecule has 0 saturated heterocycles. The van der Waals surface area contributed by atoms with Crippen molar-refractivity contribution in [1.29, 1.82) is 0 Å². The van der Waals surface area contributed by atoms with E-state index in [2.05, 4.69) is 0 Å². The van der Waals surface area contributed by atoms with E-state index >= 15 is 0 Å². The van der Waals surface area contributed by atoms with E-state index in [1.807, 2.05) is 6.92 Å². The van der Waals surface area contributed by atoms with Gasteiger partial charge in [-0.25, -0.2) is 33.7 Å². The third-order valence-electron chi connectivity index (χ3n) is 7.00. The Kier molecular flexibility index (Phi) is 8.14. The lowest BCUT2D eigenvalue weighted by atomic mass is 10.1. The molecule has 0 aliphatic carbocycles. The van der Waals surface area contributed by atoms with Gasteiger partial charge in [-0.1, -0.05) is 42.0 Å². The molecule has 0 saturated carbocycles. The highest BCUT2D eigenvalue weighted by Gasteiger charge is 2.23. The summed E-state index contributed by atoms with van der Waals surface area (Å²) in [6, 6.07) is 28.3. The zero-order valence-electron chi connectivity index (χ0n) is 23.4. The third kappa shape index (κ3) is 6.11. The van der Waals surface area contributed by atoms with Gasteiger partial charge in [0.1, 0.15) is 0 Å². The molecule has 0 N–H and O–H groups in total. The summed E-state index contributed by atoms with van der Waals surface area (Å²) in [6.45, 7) is 1.84. The number of aryl methyl sites for hydroxylation is 1. The summed E-state index contributed by atoms with van der Waals surface area (Å²) in [7, 11) is -15.2. The van der Waals surface area contributed by atoms with Crippen LogP contribution < -0.4 is 0 Å². The molecule has 5 aromatic carbocycles. The minimum absolute atomic E-state index is 0.00464. The molecule has 0 aliphatic rings. The fraction of sp³-hybridized carbons (Fsp3) is 0.0625. The second-order valence-electron chi connectivity index (χ2n) is 10.1. The van der Waals surface area contributed by atoms with Gasteiger partial charge in [-0.05, 0) is 103 Å². The smallest absolute Gasteiger partial charge is 0.206 e. The van der Waals surface area contributed by atoms with Gasteiger partial charge in [0.15, 0.2) is 9.84 Å². The van der Waals surface area contributed by atoms with Crippen molar-refractivity contribution in [3.63, 3.8) is 0 Å². The van der Waals surface area contributed by atoms with Gasteiger partial charge in [-0.3, -0.25) is 0 Å². The summed E-state index contributed by atoms with van der Waals surface area (Å²) in [4.78, 5) is -0.202. The van der Waals surface area contributed by atoms with Crippen molar-refractivity contribution in [1.82, 2.24) is 0 Å². The summed E-state index contributed by atoms with van der Waals surface area (Å²) < 4.78 is 102. The summed E-state index contributed by atoms with van der Waals surface area (Å²) in [5, 5.41) is 0. The second-order valence-corrected chi connectivity index (χ2v) is 18.0. The van der Waals surface area contributed by atoms with Crippen molar-refractivity contribution in [3.05, 3.63) is 127 Å². The first-order valence-corrected chi connectivity index (χ1v) is 19.4. The first-order chi connectivity index (χ1) is 20.6. The van der Waals surface area contributed by atoms with Gasteiger partial charge < -0.3 is 0 Å². The lowest BCUT2D eigenvalue weighted by Gasteiger charge is -2.10. The van der Waals surface area contributed by atoms with Crippen LogP contribution in [0.4, 0.5) is 0 Å². The van der Waals surface area contributed by atoms with Crippen LogP contribution in [0, 0.1) is 6.92 Å². The average Bonchev–Trinajstić information content (AvgIpc) is 3.01. The Bertz CT molecular complexity index is 2270. The van der Waals surface area contributed by atoms with Gasteiger partial charge in [-0.2, -0.15) is 0 Å². The van der Waals surface area contributed by atoms with Crippen LogP contribution in [0.25, 0.3) is 11.1 Å². The minimum atomic E-state index is -4.07. The first kappa shape index (κ1) is 31.3. The van der Waals surface area contributed by atoms with Gasteiger partial charge in [0, 0.05) is 6.26 Å². The minimum Gasteiger partial charge on any atom is -0.224 e. The van der Waals surface area contributed by atoms with Crippen LogP contribution in [0.2, 0.25) is 0 Å². The lowest BCUT2D eigenvalue weighted by Crippen LogP contribution is -2.06. The molecule has 44 heavy (non-hydrogen) atoms. The SMILES string of the molecule is Cc1ccc(S(=O)(=O)c2ccc(S(=O)(=O)c3ccc(S(=O)(=O)c4ccc(-c5ccc(S(C)(=O)=O)cc5)cc4)cc3)cc2)cc1. The van der Waals surface area contributed by atoms with E-state index in [9.17, 15) is 33.7 Å². The van der Waals surface area contributed by atoms with E-state index in [0.29, 0.717) is 11.1 Å². The normalized spacial score (nSPS) is 12.6. The summed E-state index contributed by atoms with van der Waals surface area (Å²) in [5.74, 6) is 0. The molecule has 0 atom stereocenters. The highest BCUT2D eigenvalue weighted by atomic mass is 32.2. The van der Waals surface area contributed by atoms with Gasteiger partial charge in [0.05, 0.1) is 34.3 Å². The molecule has 5 rings (SSSR count). The van der Waals surface area contributed by atoms with Gasteiger partial charge in [0.2, 0.25) is 29.5 Å². The van der Waals surface area contributed by atoms with Crippen LogP contribution >= 0.6 is 0 Å². The zero-order valence-corrected chi connectivity index (χ0v) is 26.7. The molecule has 0 aliphatic heterocycles. The monoisotopic (exact) mass is 666 g/mol. The van der Waals surface area contributed by atoms with Crippen LogP contribution in [-0.4, -0.2) is 39.9 Å². The van der Waals surface area contributed by atoms with E-state index in [1.165, 1.54) is 84.9 Å². The molecule has 12 heteroatoms. The molecule has 0 aromatic heterocycles. The predicted molar refractivity (Wildman–Crippen MR) is 165 cm³/mol. The van der Waals surface area contributed by atoms with Gasteiger partial charge >= 0.3 is 0 Å². The van der Waals surface area contributed by atoms with Crippen molar-refractivity contribution in [2.75, 3.05) is 6.26 Å². The molecule has 0 fully saturated rings. The van der Waals surface area contributed by atoms with Crippen LogP contribution in [0.3, 0.4) is 0 Å². The van der Waals surface area contributed by atoms with Crippen LogP contribution in [-0.2, 0) is 39.3 Å². The van der Waals surface area contributed by atoms with E-state index in [4.69, 9.17) is 0 Å². The summed E-state index contributed by atoms with van der Waals surface area (Å²) >= 11 is 0. The van der Waals surface area contributed by atoms with Crippen molar-refractivity contribution < 1.29 is 33.7 Å². The Balaban J connectivity index is 1.36. The van der Waals surface area contributed by atoms with Crippen LogP contribution in [0.15, 0.2) is 156 Å². The van der Waals surface area contributed by atoms with Crippen molar-refractivity contribution in [3.8, 4) is 11.1 Å². The molecule has 226 valence electrons. The predicted octanol–water partition coefficient (Wildman–Crippen LogP) is 5.56. The molecular weight excluding hydrogens is 641 g/mol. The zero-order chi connectivity index (χ0) is 31.9. The van der Waals surface area contributed by atoms with Crippen molar-refractivity contribution in [2.45, 2.75) is 41.2 Å². The Labute approximate surface area is 257 Å². The number of benzene rings is 5. The number of hydrogen-bond acceptors (Lipinski definition) is 8. The van der Waals surface area contributed by atoms with Gasteiger partial charge in [-0.15, -0.1) is 0 Å². The number of rotatable bonds is 8. The summed E-state index contributed by atoms with van der Waals surface area (Å²) in [5.41, 5.74) is 2.29. The molecule has 0 spiro atoms. The van der Waals surface area contributed by atoms with Gasteiger partial charge in [0.25, 0.3) is 0 Å². The highest BCUT2D eigenvalue weighted by Crippen LogP contribution is 2.29. The second kappa shape index (κ2) is 11.4. The van der Waals surface area contributed by atoms with Crippen LogP contribution in [0.1, 0.15) is 5.56 Å². The maximum Gasteiger partial charge on any atom is 0.206 e. The highest BCUT2D eigenvalue weighted by molar-refractivity contribution is 7.92. The topological polar surface area (TPSA) is 137 Å². The largest absolute Gasteiger partial charge is 0.224 e.